The lowest BCUT2D eigenvalue weighted by Gasteiger charge is -2.12. The Balaban J connectivity index is 4.19. The summed E-state index contributed by atoms with van der Waals surface area (Å²) in [5.74, 6) is 2.25. The second-order valence-corrected chi connectivity index (χ2v) is 2.59. The molecule has 0 atom stereocenters. The number of halogens is 1. The van der Waals surface area contributed by atoms with Crippen LogP contribution in [0, 0.1) is 17.8 Å². The molecule has 0 N–H and O–H groups in total. The molecule has 0 unspecified atom stereocenters. The molecule has 2 heteroatoms. The van der Waals surface area contributed by atoms with Gasteiger partial charge in [0, 0.05) is 0 Å². The average molecular weight is 145 g/mol. The predicted molar refractivity (Wildman–Crippen MR) is 38.3 cm³/mol. The van der Waals surface area contributed by atoms with Gasteiger partial charge in [0.25, 0.3) is 0 Å². The maximum Gasteiger partial charge on any atom is 0.164 e. The zero-order valence-electron chi connectivity index (χ0n) is 5.57. The van der Waals surface area contributed by atoms with Crippen molar-refractivity contribution in [2.75, 3.05) is 5.88 Å². The summed E-state index contributed by atoms with van der Waals surface area (Å²) >= 11 is 5.27. The summed E-state index contributed by atoms with van der Waals surface area (Å²) in [6, 6.07) is 0. The van der Waals surface area contributed by atoms with Crippen molar-refractivity contribution < 1.29 is 4.79 Å². The minimum absolute atomic E-state index is 0.00278. The van der Waals surface area contributed by atoms with E-state index in [1.165, 1.54) is 0 Å². The lowest BCUT2D eigenvalue weighted by molar-refractivity contribution is -0.122. The molecule has 0 rings (SSSR count). The maximum atomic E-state index is 10.8. The molecule has 0 fully saturated rings. The summed E-state index contributed by atoms with van der Waals surface area (Å²) in [6.07, 6.45) is 5.05. The van der Waals surface area contributed by atoms with Gasteiger partial charge in [-0.15, -0.1) is 18.0 Å². The third kappa shape index (κ3) is 2.07. The number of hydrogen-bond acceptors (Lipinski definition) is 1. The van der Waals surface area contributed by atoms with Gasteiger partial charge >= 0.3 is 0 Å². The van der Waals surface area contributed by atoms with Crippen molar-refractivity contribution in [3.05, 3.63) is 0 Å². The first-order valence-corrected chi connectivity index (χ1v) is 3.15. The number of rotatable bonds is 2. The van der Waals surface area contributed by atoms with E-state index in [1.54, 1.807) is 13.8 Å². The van der Waals surface area contributed by atoms with Gasteiger partial charge in [-0.3, -0.25) is 4.79 Å². The molecule has 0 aliphatic rings. The van der Waals surface area contributed by atoms with Crippen LogP contribution in [0.15, 0.2) is 0 Å². The van der Waals surface area contributed by atoms with Gasteiger partial charge in [0.1, 0.15) is 0 Å². The summed E-state index contributed by atoms with van der Waals surface area (Å²) in [7, 11) is 0. The van der Waals surface area contributed by atoms with E-state index < -0.39 is 5.41 Å². The van der Waals surface area contributed by atoms with Crippen LogP contribution in [0.25, 0.3) is 0 Å². The highest BCUT2D eigenvalue weighted by Gasteiger charge is 2.22. The van der Waals surface area contributed by atoms with E-state index in [2.05, 4.69) is 5.92 Å². The summed E-state index contributed by atoms with van der Waals surface area (Å²) in [4.78, 5) is 10.8. The van der Waals surface area contributed by atoms with Crippen LogP contribution in [0.4, 0.5) is 0 Å². The van der Waals surface area contributed by atoms with Crippen LogP contribution in [0.5, 0.6) is 0 Å². The standard InChI is InChI=1S/C7H9ClO/c1-4-7(2,3)6(9)5-8/h1H,5H2,2-3H3. The third-order valence-corrected chi connectivity index (χ3v) is 1.42. The minimum Gasteiger partial charge on any atom is -0.297 e. The van der Waals surface area contributed by atoms with E-state index in [-0.39, 0.29) is 11.7 Å². The van der Waals surface area contributed by atoms with Gasteiger partial charge in [-0.1, -0.05) is 5.92 Å². The fourth-order valence-corrected chi connectivity index (χ4v) is 0.582. The van der Waals surface area contributed by atoms with Crippen molar-refractivity contribution in [2.45, 2.75) is 13.8 Å². The second-order valence-electron chi connectivity index (χ2n) is 2.33. The summed E-state index contributed by atoms with van der Waals surface area (Å²) in [5, 5.41) is 0. The highest BCUT2D eigenvalue weighted by molar-refractivity contribution is 6.28. The molecule has 9 heavy (non-hydrogen) atoms. The molecule has 0 aromatic rings. The lowest BCUT2D eigenvalue weighted by atomic mass is 9.90. The largest absolute Gasteiger partial charge is 0.297 e. The smallest absolute Gasteiger partial charge is 0.164 e. The normalized spacial score (nSPS) is 10.4. The first kappa shape index (κ1) is 8.52. The fourth-order valence-electron chi connectivity index (χ4n) is 0.248. The van der Waals surface area contributed by atoms with E-state index in [1.807, 2.05) is 0 Å². The Bertz CT molecular complexity index is 153. The molecule has 0 aromatic heterocycles. The monoisotopic (exact) mass is 144 g/mol. The number of carbonyl (C=O) groups is 1. The molecule has 0 saturated carbocycles. The van der Waals surface area contributed by atoms with Crippen LogP contribution >= 0.6 is 11.6 Å². The van der Waals surface area contributed by atoms with Crippen molar-refractivity contribution in [2.24, 2.45) is 5.41 Å². The Hall–Kier alpha value is -0.480. The van der Waals surface area contributed by atoms with Crippen LogP contribution in [0.2, 0.25) is 0 Å². The topological polar surface area (TPSA) is 17.1 Å². The number of Topliss-reactive ketones (excluding diaryl/α,β-unsaturated/α-hetero) is 1. The van der Waals surface area contributed by atoms with Gasteiger partial charge in [0.15, 0.2) is 5.78 Å². The minimum atomic E-state index is -0.693. The van der Waals surface area contributed by atoms with Crippen LogP contribution in [-0.4, -0.2) is 11.7 Å². The molecule has 50 valence electrons. The number of terminal acetylenes is 1. The zero-order chi connectivity index (χ0) is 7.49. The molecule has 0 amide bonds. The molecule has 0 spiro atoms. The van der Waals surface area contributed by atoms with Gasteiger partial charge in [-0.05, 0) is 13.8 Å². The van der Waals surface area contributed by atoms with Crippen LogP contribution in [-0.2, 0) is 4.79 Å². The number of ketones is 1. The van der Waals surface area contributed by atoms with Crippen molar-refractivity contribution in [3.63, 3.8) is 0 Å². The Morgan fingerprint density at radius 3 is 2.33 bits per heavy atom. The fraction of sp³-hybridized carbons (Fsp3) is 0.571. The third-order valence-electron chi connectivity index (χ3n) is 1.18. The quantitative estimate of drug-likeness (QED) is 0.424. The van der Waals surface area contributed by atoms with Gasteiger partial charge in [-0.25, -0.2) is 0 Å². The molecule has 0 aromatic carbocycles. The lowest BCUT2D eigenvalue weighted by Crippen LogP contribution is -2.22. The molecular weight excluding hydrogens is 136 g/mol. The second kappa shape index (κ2) is 2.89. The van der Waals surface area contributed by atoms with Crippen molar-refractivity contribution in [1.29, 1.82) is 0 Å². The van der Waals surface area contributed by atoms with Crippen LogP contribution in [0.1, 0.15) is 13.8 Å². The average Bonchev–Trinajstić information content (AvgIpc) is 1.86. The highest BCUT2D eigenvalue weighted by Crippen LogP contribution is 2.14. The molecular formula is C7H9ClO. The van der Waals surface area contributed by atoms with Gasteiger partial charge in [0.2, 0.25) is 0 Å². The van der Waals surface area contributed by atoms with E-state index in [9.17, 15) is 4.79 Å². The SMILES string of the molecule is C#CC(C)(C)C(=O)CCl. The van der Waals surface area contributed by atoms with E-state index in [4.69, 9.17) is 18.0 Å². The van der Waals surface area contributed by atoms with Crippen molar-refractivity contribution in [1.82, 2.24) is 0 Å². The Kier molecular flexibility index (Phi) is 2.73. The van der Waals surface area contributed by atoms with Crippen molar-refractivity contribution in [3.8, 4) is 12.3 Å². The van der Waals surface area contributed by atoms with E-state index >= 15 is 0 Å². The zero-order valence-corrected chi connectivity index (χ0v) is 6.33. The number of hydrogen-bond donors (Lipinski definition) is 0. The Labute approximate surface area is 60.4 Å². The van der Waals surface area contributed by atoms with Crippen LogP contribution < -0.4 is 0 Å². The molecule has 1 nitrogen and oxygen atoms in total. The van der Waals surface area contributed by atoms with Gasteiger partial charge in [-0.2, -0.15) is 0 Å². The van der Waals surface area contributed by atoms with E-state index in [0.29, 0.717) is 0 Å². The summed E-state index contributed by atoms with van der Waals surface area (Å²) in [6.45, 7) is 3.36. The molecule has 0 aliphatic heterocycles. The number of carbonyl (C=O) groups excluding carboxylic acids is 1. The molecule has 0 aliphatic carbocycles. The summed E-state index contributed by atoms with van der Waals surface area (Å²) in [5.41, 5.74) is -0.693. The molecule has 0 radical (unpaired) electrons. The van der Waals surface area contributed by atoms with Crippen molar-refractivity contribution >= 4 is 17.4 Å². The number of alkyl halides is 1. The van der Waals surface area contributed by atoms with Gasteiger partial charge < -0.3 is 0 Å². The molecule has 0 saturated heterocycles. The first-order valence-electron chi connectivity index (χ1n) is 2.61. The van der Waals surface area contributed by atoms with Crippen LogP contribution in [0.3, 0.4) is 0 Å². The van der Waals surface area contributed by atoms with Gasteiger partial charge in [0.05, 0.1) is 11.3 Å². The Morgan fingerprint density at radius 1 is 1.78 bits per heavy atom. The van der Waals surface area contributed by atoms with E-state index in [0.717, 1.165) is 0 Å². The predicted octanol–water partition coefficient (Wildman–Crippen LogP) is 1.45. The molecule has 0 heterocycles. The Morgan fingerprint density at radius 2 is 2.22 bits per heavy atom. The highest BCUT2D eigenvalue weighted by atomic mass is 35.5. The first-order chi connectivity index (χ1) is 4.04. The maximum absolute atomic E-state index is 10.8. The summed E-state index contributed by atoms with van der Waals surface area (Å²) < 4.78 is 0. The molecule has 0 bridgehead atoms.